The zero-order valence-corrected chi connectivity index (χ0v) is 8.95. The lowest BCUT2D eigenvalue weighted by molar-refractivity contribution is 0.423. The van der Waals surface area contributed by atoms with Gasteiger partial charge in [0.05, 0.1) is 0 Å². The van der Waals surface area contributed by atoms with Gasteiger partial charge >= 0.3 is 0 Å². The van der Waals surface area contributed by atoms with Gasteiger partial charge in [0.25, 0.3) is 5.89 Å². The maximum Gasteiger partial charge on any atom is 0.295 e. The Kier molecular flexibility index (Phi) is 2.14. The maximum absolute atomic E-state index is 4.99. The number of hydrogen-bond donors (Lipinski definition) is 1. The van der Waals surface area contributed by atoms with E-state index in [4.69, 9.17) is 4.52 Å². The second-order valence-electron chi connectivity index (χ2n) is 3.40. The van der Waals surface area contributed by atoms with Crippen LogP contribution in [-0.2, 0) is 0 Å². The molecule has 0 aliphatic carbocycles. The third-order valence-electron chi connectivity index (χ3n) is 2.14. The monoisotopic (exact) mass is 228 g/mol. The van der Waals surface area contributed by atoms with Crippen LogP contribution in [0.3, 0.4) is 0 Å². The fourth-order valence-corrected chi connectivity index (χ4v) is 1.37. The van der Waals surface area contributed by atoms with Crippen molar-refractivity contribution in [2.75, 3.05) is 0 Å². The number of hydrogen-bond acceptors (Lipinski definition) is 6. The number of nitrogens with one attached hydrogen (secondary N) is 1. The van der Waals surface area contributed by atoms with Crippen molar-refractivity contribution in [3.63, 3.8) is 0 Å². The van der Waals surface area contributed by atoms with Crippen molar-refractivity contribution in [3.05, 3.63) is 30.4 Å². The van der Waals surface area contributed by atoms with E-state index in [1.165, 1.54) is 0 Å². The standard InChI is InChI=1S/C10H8N6O/c1-6-12-10(17-16-6)9-13-8(14-15-9)7-3-2-4-11-5-7/h2-5H,1H3,(H,13,14,15). The number of aryl methyl sites for hydroxylation is 1. The molecule has 0 aliphatic heterocycles. The van der Waals surface area contributed by atoms with Crippen molar-refractivity contribution in [1.82, 2.24) is 30.3 Å². The summed E-state index contributed by atoms with van der Waals surface area (Å²) in [4.78, 5) is 12.3. The Hall–Kier alpha value is -2.57. The Morgan fingerprint density at radius 3 is 2.94 bits per heavy atom. The average molecular weight is 228 g/mol. The third kappa shape index (κ3) is 1.78. The second kappa shape index (κ2) is 3.78. The number of H-pyrrole nitrogens is 1. The number of aromatic amines is 1. The van der Waals surface area contributed by atoms with Gasteiger partial charge < -0.3 is 4.52 Å². The zero-order chi connectivity index (χ0) is 11.7. The smallest absolute Gasteiger partial charge is 0.295 e. The minimum atomic E-state index is 0.324. The van der Waals surface area contributed by atoms with E-state index >= 15 is 0 Å². The molecule has 3 aromatic heterocycles. The first-order valence-electron chi connectivity index (χ1n) is 4.96. The van der Waals surface area contributed by atoms with Crippen molar-refractivity contribution in [1.29, 1.82) is 0 Å². The number of rotatable bonds is 2. The van der Waals surface area contributed by atoms with Crippen LogP contribution in [0, 0.1) is 6.92 Å². The summed E-state index contributed by atoms with van der Waals surface area (Å²) in [6, 6.07) is 3.70. The van der Waals surface area contributed by atoms with E-state index in [9.17, 15) is 0 Å². The minimum absolute atomic E-state index is 0.324. The Morgan fingerprint density at radius 1 is 1.29 bits per heavy atom. The molecule has 0 saturated heterocycles. The molecule has 3 aromatic rings. The quantitative estimate of drug-likeness (QED) is 0.708. The summed E-state index contributed by atoms with van der Waals surface area (Å²) in [5, 5.41) is 10.5. The Morgan fingerprint density at radius 2 is 2.24 bits per heavy atom. The van der Waals surface area contributed by atoms with Gasteiger partial charge in [0.1, 0.15) is 0 Å². The predicted molar refractivity (Wildman–Crippen MR) is 57.6 cm³/mol. The summed E-state index contributed by atoms with van der Waals surface area (Å²) >= 11 is 0. The highest BCUT2D eigenvalue weighted by atomic mass is 16.5. The lowest BCUT2D eigenvalue weighted by Crippen LogP contribution is -1.82. The number of pyridine rings is 1. The highest BCUT2D eigenvalue weighted by molar-refractivity contribution is 5.55. The molecule has 0 saturated carbocycles. The Balaban J connectivity index is 1.99. The molecule has 17 heavy (non-hydrogen) atoms. The molecule has 0 aliphatic rings. The van der Waals surface area contributed by atoms with Crippen LogP contribution < -0.4 is 0 Å². The predicted octanol–water partition coefficient (Wildman–Crippen LogP) is 1.23. The van der Waals surface area contributed by atoms with E-state index in [2.05, 4.69) is 30.3 Å². The van der Waals surface area contributed by atoms with Gasteiger partial charge in [0.2, 0.25) is 5.82 Å². The molecule has 0 unspecified atom stereocenters. The van der Waals surface area contributed by atoms with Gasteiger partial charge in [0.15, 0.2) is 11.6 Å². The van der Waals surface area contributed by atoms with Gasteiger partial charge in [-0.05, 0) is 19.1 Å². The molecule has 3 rings (SSSR count). The normalized spacial score (nSPS) is 10.6. The summed E-state index contributed by atoms with van der Waals surface area (Å²) in [6.07, 6.45) is 3.38. The Labute approximate surface area is 95.9 Å². The first kappa shape index (κ1) is 9.64. The van der Waals surface area contributed by atoms with Gasteiger partial charge in [-0.15, -0.1) is 0 Å². The number of nitrogens with zero attached hydrogens (tertiary/aromatic N) is 5. The van der Waals surface area contributed by atoms with Crippen molar-refractivity contribution in [2.45, 2.75) is 6.92 Å². The lowest BCUT2D eigenvalue weighted by atomic mass is 10.3. The second-order valence-corrected chi connectivity index (χ2v) is 3.40. The molecular formula is C10H8N6O. The van der Waals surface area contributed by atoms with Crippen LogP contribution in [0.2, 0.25) is 0 Å². The summed E-state index contributed by atoms with van der Waals surface area (Å²) in [7, 11) is 0. The highest BCUT2D eigenvalue weighted by Crippen LogP contribution is 2.17. The SMILES string of the molecule is Cc1noc(-c2nc(-c3cccnc3)n[nH]2)n1. The van der Waals surface area contributed by atoms with Crippen LogP contribution in [0.5, 0.6) is 0 Å². The summed E-state index contributed by atoms with van der Waals surface area (Å²) < 4.78 is 4.99. The molecule has 1 N–H and O–H groups in total. The molecular weight excluding hydrogens is 220 g/mol. The topological polar surface area (TPSA) is 93.4 Å². The number of aromatic nitrogens is 6. The van der Waals surface area contributed by atoms with Gasteiger partial charge in [-0.25, -0.2) is 4.98 Å². The summed E-state index contributed by atoms with van der Waals surface area (Å²) in [5.74, 6) is 1.87. The lowest BCUT2D eigenvalue weighted by Gasteiger charge is -1.90. The Bertz CT molecular complexity index is 629. The van der Waals surface area contributed by atoms with Crippen LogP contribution in [0.15, 0.2) is 29.0 Å². The molecule has 0 amide bonds. The van der Waals surface area contributed by atoms with Crippen LogP contribution in [0.1, 0.15) is 5.82 Å². The van der Waals surface area contributed by atoms with Crippen LogP contribution in [-0.4, -0.2) is 30.3 Å². The van der Waals surface area contributed by atoms with E-state index in [0.717, 1.165) is 5.56 Å². The van der Waals surface area contributed by atoms with Crippen molar-refractivity contribution < 1.29 is 4.52 Å². The molecule has 0 aromatic carbocycles. The van der Waals surface area contributed by atoms with E-state index in [1.54, 1.807) is 19.3 Å². The molecule has 0 bridgehead atoms. The van der Waals surface area contributed by atoms with Crippen LogP contribution in [0.4, 0.5) is 0 Å². The molecule has 84 valence electrons. The first-order chi connectivity index (χ1) is 8.33. The minimum Gasteiger partial charge on any atom is -0.330 e. The van der Waals surface area contributed by atoms with E-state index in [0.29, 0.717) is 23.4 Å². The largest absolute Gasteiger partial charge is 0.330 e. The first-order valence-corrected chi connectivity index (χ1v) is 4.96. The van der Waals surface area contributed by atoms with Crippen molar-refractivity contribution >= 4 is 0 Å². The molecule has 0 spiro atoms. The van der Waals surface area contributed by atoms with E-state index in [1.807, 2.05) is 12.1 Å². The van der Waals surface area contributed by atoms with Gasteiger partial charge in [-0.3, -0.25) is 10.1 Å². The van der Waals surface area contributed by atoms with E-state index < -0.39 is 0 Å². The zero-order valence-electron chi connectivity index (χ0n) is 8.95. The van der Waals surface area contributed by atoms with Crippen molar-refractivity contribution in [3.8, 4) is 23.1 Å². The molecule has 0 fully saturated rings. The highest BCUT2D eigenvalue weighted by Gasteiger charge is 2.12. The van der Waals surface area contributed by atoms with Gasteiger partial charge in [-0.2, -0.15) is 10.1 Å². The van der Waals surface area contributed by atoms with Crippen LogP contribution in [0.25, 0.3) is 23.1 Å². The maximum atomic E-state index is 4.99. The fraction of sp³-hybridized carbons (Fsp3) is 0.100. The molecule has 3 heterocycles. The van der Waals surface area contributed by atoms with Crippen LogP contribution >= 0.6 is 0 Å². The van der Waals surface area contributed by atoms with Crippen molar-refractivity contribution in [2.24, 2.45) is 0 Å². The van der Waals surface area contributed by atoms with E-state index in [-0.39, 0.29) is 0 Å². The molecule has 7 heteroatoms. The van der Waals surface area contributed by atoms with Gasteiger partial charge in [0, 0.05) is 18.0 Å². The average Bonchev–Trinajstić information content (AvgIpc) is 2.98. The molecule has 7 nitrogen and oxygen atoms in total. The summed E-state index contributed by atoms with van der Waals surface area (Å²) in [6.45, 7) is 1.74. The third-order valence-corrected chi connectivity index (χ3v) is 2.14. The summed E-state index contributed by atoms with van der Waals surface area (Å²) in [5.41, 5.74) is 0.825. The molecule has 0 radical (unpaired) electrons. The fourth-order valence-electron chi connectivity index (χ4n) is 1.37. The van der Waals surface area contributed by atoms with Gasteiger partial charge in [-0.1, -0.05) is 5.16 Å². The molecule has 0 atom stereocenters.